The first-order chi connectivity index (χ1) is 7.16. The maximum atomic E-state index is 11.6. The van der Waals surface area contributed by atoms with Gasteiger partial charge in [0.15, 0.2) is 0 Å². The van der Waals surface area contributed by atoms with Crippen LogP contribution in [0.2, 0.25) is 0 Å². The molecule has 1 unspecified atom stereocenters. The molecule has 1 aliphatic rings. The van der Waals surface area contributed by atoms with Crippen molar-refractivity contribution in [1.29, 1.82) is 0 Å². The summed E-state index contributed by atoms with van der Waals surface area (Å²) in [6.45, 7) is 0.785. The second-order valence-electron chi connectivity index (χ2n) is 3.47. The molecule has 15 heavy (non-hydrogen) atoms. The highest BCUT2D eigenvalue weighted by Gasteiger charge is 2.29. The number of anilines is 1. The van der Waals surface area contributed by atoms with Crippen molar-refractivity contribution in [1.82, 2.24) is 14.9 Å². The second-order valence-corrected chi connectivity index (χ2v) is 4.39. The quantitative estimate of drug-likeness (QED) is 0.867. The molecule has 2 rings (SSSR count). The van der Waals surface area contributed by atoms with Crippen LogP contribution in [0.1, 0.15) is 6.42 Å². The Balaban J connectivity index is 2.03. The normalized spacial score (nSPS) is 20.8. The van der Waals surface area contributed by atoms with Gasteiger partial charge in [-0.3, -0.25) is 4.79 Å². The molecule has 5 nitrogen and oxygen atoms in total. The lowest BCUT2D eigenvalue weighted by atomic mass is 10.2. The van der Waals surface area contributed by atoms with E-state index in [-0.39, 0.29) is 11.9 Å². The smallest absolute Gasteiger partial charge is 0.244 e. The predicted molar refractivity (Wildman–Crippen MR) is 59.4 cm³/mol. The zero-order chi connectivity index (χ0) is 10.8. The Morgan fingerprint density at radius 2 is 2.20 bits per heavy atom. The van der Waals surface area contributed by atoms with E-state index in [1.807, 2.05) is 0 Å². The minimum atomic E-state index is -0.184. The minimum absolute atomic E-state index is 0.0986. The van der Waals surface area contributed by atoms with Gasteiger partial charge in [0.05, 0.1) is 4.47 Å². The number of aromatic nitrogens is 2. The van der Waals surface area contributed by atoms with Crippen LogP contribution in [0.4, 0.5) is 5.95 Å². The van der Waals surface area contributed by atoms with Crippen LogP contribution in [0.5, 0.6) is 0 Å². The number of carbonyl (C=O) groups excluding carboxylic acids is 1. The molecule has 0 aliphatic carbocycles. The lowest BCUT2D eigenvalue weighted by Gasteiger charge is -2.11. The van der Waals surface area contributed by atoms with E-state index in [1.165, 1.54) is 0 Å². The maximum Gasteiger partial charge on any atom is 0.244 e. The Hall–Kier alpha value is -1.17. The van der Waals surface area contributed by atoms with Gasteiger partial charge in [0.1, 0.15) is 6.04 Å². The van der Waals surface area contributed by atoms with E-state index in [2.05, 4.69) is 31.2 Å². The number of nitrogens with zero attached hydrogens (tertiary/aromatic N) is 3. The van der Waals surface area contributed by atoms with Crippen LogP contribution in [0.3, 0.4) is 0 Å². The van der Waals surface area contributed by atoms with Crippen LogP contribution >= 0.6 is 15.9 Å². The van der Waals surface area contributed by atoms with Gasteiger partial charge in [-0.1, -0.05) is 0 Å². The van der Waals surface area contributed by atoms with Gasteiger partial charge >= 0.3 is 0 Å². The summed E-state index contributed by atoms with van der Waals surface area (Å²) in [5.41, 5.74) is 0. The van der Waals surface area contributed by atoms with Gasteiger partial charge in [-0.2, -0.15) is 0 Å². The fraction of sp³-hybridized carbons (Fsp3) is 0.444. The predicted octanol–water partition coefficient (Wildman–Crippen LogP) is 0.882. The van der Waals surface area contributed by atoms with Crippen molar-refractivity contribution in [2.45, 2.75) is 12.5 Å². The summed E-state index contributed by atoms with van der Waals surface area (Å²) in [4.78, 5) is 21.4. The van der Waals surface area contributed by atoms with Crippen molar-refractivity contribution in [2.75, 3.05) is 18.9 Å². The van der Waals surface area contributed by atoms with Crippen LogP contribution in [0.25, 0.3) is 0 Å². The highest BCUT2D eigenvalue weighted by atomic mass is 79.9. The number of likely N-dealkylation sites (N-methyl/N-ethyl adjacent to an activating group) is 1. The summed E-state index contributed by atoms with van der Waals surface area (Å²) >= 11 is 3.25. The summed E-state index contributed by atoms with van der Waals surface area (Å²) in [6, 6.07) is -0.184. The van der Waals surface area contributed by atoms with E-state index in [0.29, 0.717) is 5.95 Å². The molecule has 80 valence electrons. The Morgan fingerprint density at radius 1 is 1.53 bits per heavy atom. The van der Waals surface area contributed by atoms with Gasteiger partial charge in [-0.25, -0.2) is 9.97 Å². The summed E-state index contributed by atoms with van der Waals surface area (Å²) < 4.78 is 0.822. The van der Waals surface area contributed by atoms with Crippen LogP contribution in [-0.4, -0.2) is 40.4 Å². The van der Waals surface area contributed by atoms with Crippen molar-refractivity contribution in [3.05, 3.63) is 16.9 Å². The molecule has 6 heteroatoms. The van der Waals surface area contributed by atoms with Crippen molar-refractivity contribution >= 4 is 27.8 Å². The van der Waals surface area contributed by atoms with Crippen molar-refractivity contribution < 1.29 is 4.79 Å². The highest BCUT2D eigenvalue weighted by molar-refractivity contribution is 9.10. The Kier molecular flexibility index (Phi) is 2.86. The highest BCUT2D eigenvalue weighted by Crippen LogP contribution is 2.13. The number of hydrogen-bond donors (Lipinski definition) is 1. The number of rotatable bonds is 2. The van der Waals surface area contributed by atoms with Crippen LogP contribution in [0.15, 0.2) is 16.9 Å². The molecule has 0 radical (unpaired) electrons. The molecule has 1 saturated heterocycles. The number of nitrogens with one attached hydrogen (secondary N) is 1. The molecule has 1 aromatic rings. The molecular formula is C9H11BrN4O. The van der Waals surface area contributed by atoms with Crippen molar-refractivity contribution in [2.24, 2.45) is 0 Å². The Labute approximate surface area is 96.0 Å². The monoisotopic (exact) mass is 270 g/mol. The molecule has 1 N–H and O–H groups in total. The second kappa shape index (κ2) is 4.14. The summed E-state index contributed by atoms with van der Waals surface area (Å²) in [5, 5.41) is 3.01. The SMILES string of the molecule is CN1CCC(Nc2ncc(Br)cn2)C1=O. The fourth-order valence-corrected chi connectivity index (χ4v) is 1.70. The third-order valence-electron chi connectivity index (χ3n) is 2.35. The van der Waals surface area contributed by atoms with E-state index in [4.69, 9.17) is 0 Å². The van der Waals surface area contributed by atoms with Crippen molar-refractivity contribution in [3.63, 3.8) is 0 Å². The number of carbonyl (C=O) groups is 1. The molecule has 1 fully saturated rings. The largest absolute Gasteiger partial charge is 0.344 e. The van der Waals surface area contributed by atoms with Crippen molar-refractivity contribution in [3.8, 4) is 0 Å². The molecule has 1 atom stereocenters. The van der Waals surface area contributed by atoms with Gasteiger partial charge in [0.25, 0.3) is 0 Å². The molecular weight excluding hydrogens is 260 g/mol. The standard InChI is InChI=1S/C9H11BrN4O/c1-14-3-2-7(8(14)15)13-9-11-4-6(10)5-12-9/h4-5,7H,2-3H2,1H3,(H,11,12,13). The lowest BCUT2D eigenvalue weighted by molar-refractivity contribution is -0.127. The van der Waals surface area contributed by atoms with Gasteiger partial charge in [0, 0.05) is 26.0 Å². The molecule has 0 spiro atoms. The first kappa shape index (κ1) is 10.4. The van der Waals surface area contributed by atoms with E-state index in [0.717, 1.165) is 17.4 Å². The van der Waals surface area contributed by atoms with E-state index < -0.39 is 0 Å². The van der Waals surface area contributed by atoms with E-state index >= 15 is 0 Å². The molecule has 1 amide bonds. The zero-order valence-corrected chi connectivity index (χ0v) is 9.86. The molecule has 1 aromatic heterocycles. The fourth-order valence-electron chi connectivity index (χ4n) is 1.50. The van der Waals surface area contributed by atoms with Crippen LogP contribution in [0, 0.1) is 0 Å². The molecule has 0 aromatic carbocycles. The minimum Gasteiger partial charge on any atom is -0.344 e. The van der Waals surface area contributed by atoms with Gasteiger partial charge in [0.2, 0.25) is 11.9 Å². The van der Waals surface area contributed by atoms with E-state index in [9.17, 15) is 4.79 Å². The molecule has 0 bridgehead atoms. The Bertz CT molecular complexity index is 367. The molecule has 1 aliphatic heterocycles. The van der Waals surface area contributed by atoms with Gasteiger partial charge in [-0.15, -0.1) is 0 Å². The maximum absolute atomic E-state index is 11.6. The van der Waals surface area contributed by atoms with E-state index in [1.54, 1.807) is 24.3 Å². The summed E-state index contributed by atoms with van der Waals surface area (Å²) in [7, 11) is 1.80. The third kappa shape index (κ3) is 2.26. The van der Waals surface area contributed by atoms with Gasteiger partial charge < -0.3 is 10.2 Å². The first-order valence-corrected chi connectivity index (χ1v) is 5.45. The number of halogens is 1. The van der Waals surface area contributed by atoms with Crippen LogP contribution < -0.4 is 5.32 Å². The molecule has 0 saturated carbocycles. The Morgan fingerprint density at radius 3 is 2.73 bits per heavy atom. The average Bonchev–Trinajstić information content (AvgIpc) is 2.53. The topological polar surface area (TPSA) is 58.1 Å². The summed E-state index contributed by atoms with van der Waals surface area (Å²) in [5.74, 6) is 0.591. The number of amides is 1. The molecule has 2 heterocycles. The number of hydrogen-bond acceptors (Lipinski definition) is 4. The average molecular weight is 271 g/mol. The zero-order valence-electron chi connectivity index (χ0n) is 8.27. The van der Waals surface area contributed by atoms with Gasteiger partial charge in [-0.05, 0) is 22.4 Å². The van der Waals surface area contributed by atoms with Crippen LogP contribution in [-0.2, 0) is 4.79 Å². The summed E-state index contributed by atoms with van der Waals surface area (Å²) in [6.07, 6.45) is 4.10. The third-order valence-corrected chi connectivity index (χ3v) is 2.76. The lowest BCUT2D eigenvalue weighted by Crippen LogP contribution is -2.31. The first-order valence-electron chi connectivity index (χ1n) is 4.66. The number of likely N-dealkylation sites (tertiary alicyclic amines) is 1.